The zero-order valence-corrected chi connectivity index (χ0v) is 21.5. The Bertz CT molecular complexity index is 1380. The quantitative estimate of drug-likeness (QED) is 0.314. The molecule has 1 aliphatic heterocycles. The number of carbonyl (C=O) groups excluding carboxylic acids is 1. The van der Waals surface area contributed by atoms with Crippen molar-refractivity contribution in [1.29, 1.82) is 0 Å². The predicted molar refractivity (Wildman–Crippen MR) is 140 cm³/mol. The number of halogens is 5. The third kappa shape index (κ3) is 6.49. The summed E-state index contributed by atoms with van der Waals surface area (Å²) in [7, 11) is 3.34. The van der Waals surface area contributed by atoms with Gasteiger partial charge < -0.3 is 25.3 Å². The van der Waals surface area contributed by atoms with E-state index in [1.54, 1.807) is 30.3 Å². The number of nitrogens with zero attached hydrogens (tertiary/aromatic N) is 3. The largest absolute Gasteiger partial charge is 0.394 e. The topological polar surface area (TPSA) is 73.7 Å². The molecule has 0 bridgehead atoms. The van der Waals surface area contributed by atoms with Gasteiger partial charge in [-0.05, 0) is 49.7 Å². The van der Waals surface area contributed by atoms with Crippen molar-refractivity contribution in [3.63, 3.8) is 0 Å². The molecule has 12 heteroatoms. The molecule has 2 atom stereocenters. The van der Waals surface area contributed by atoms with Gasteiger partial charge in [-0.1, -0.05) is 17.5 Å². The molecule has 0 spiro atoms. The maximum Gasteiger partial charge on any atom is 0.394 e. The summed E-state index contributed by atoms with van der Waals surface area (Å²) in [6, 6.07) is 7.58. The summed E-state index contributed by atoms with van der Waals surface area (Å²) in [5.41, 5.74) is 1.51. The van der Waals surface area contributed by atoms with Gasteiger partial charge in [0.1, 0.15) is 11.9 Å². The molecule has 1 aromatic carbocycles. The number of nitrogens with one attached hydrogen (secondary N) is 3. The van der Waals surface area contributed by atoms with Crippen LogP contribution in [-0.4, -0.2) is 72.3 Å². The van der Waals surface area contributed by atoms with E-state index in [2.05, 4.69) is 32.8 Å². The van der Waals surface area contributed by atoms with E-state index in [-0.39, 0.29) is 41.1 Å². The van der Waals surface area contributed by atoms with Gasteiger partial charge in [0.05, 0.1) is 41.0 Å². The number of imidazole rings is 1. The van der Waals surface area contributed by atoms with E-state index in [1.165, 1.54) is 17.6 Å². The third-order valence-corrected chi connectivity index (χ3v) is 6.54. The van der Waals surface area contributed by atoms with Crippen molar-refractivity contribution in [2.75, 3.05) is 44.4 Å². The minimum Gasteiger partial charge on any atom is -0.376 e. The average Bonchev–Trinajstić information content (AvgIpc) is 3.20. The highest BCUT2D eigenvalue weighted by atomic mass is 35.5. The van der Waals surface area contributed by atoms with Crippen LogP contribution in [0.3, 0.4) is 0 Å². The Kier molecular flexibility index (Phi) is 8.33. The summed E-state index contributed by atoms with van der Waals surface area (Å²) in [5.74, 6) is 5.23. The molecular formula is C26H27ClF4N6O. The standard InChI is InChI=1S/C26H27ClF4N6O/c1-32-25(38)17-8-7-16(13-18(17)27)33-10-3-5-21-23(14-26(29,30)31)37-11-4-6-22(24(37)35-21)34-20-9-12-36(2)15-19(20)28/h4,6-8,11,13,19-20,33-34H,9-10,12,14-15H2,1-2H3,(H,32,38)/t19-,20+/m0/s1. The minimum atomic E-state index is -4.48. The molecule has 3 N–H and O–H groups in total. The van der Waals surface area contributed by atoms with Gasteiger partial charge in [-0.3, -0.25) is 4.79 Å². The van der Waals surface area contributed by atoms with Crippen LogP contribution in [0.2, 0.25) is 5.02 Å². The Hall–Kier alpha value is -3.49. The zero-order valence-electron chi connectivity index (χ0n) is 20.8. The second kappa shape index (κ2) is 11.5. The Balaban J connectivity index is 1.57. The van der Waals surface area contributed by atoms with Crippen molar-refractivity contribution >= 4 is 34.5 Å². The lowest BCUT2D eigenvalue weighted by Gasteiger charge is -2.33. The lowest BCUT2D eigenvalue weighted by atomic mass is 10.0. The van der Waals surface area contributed by atoms with Crippen molar-refractivity contribution in [3.05, 3.63) is 58.5 Å². The highest BCUT2D eigenvalue weighted by Crippen LogP contribution is 2.28. The second-order valence-corrected chi connectivity index (χ2v) is 9.47. The maximum atomic E-state index is 14.6. The van der Waals surface area contributed by atoms with Gasteiger partial charge >= 0.3 is 6.18 Å². The number of benzene rings is 1. The first-order chi connectivity index (χ1) is 18.1. The van der Waals surface area contributed by atoms with E-state index >= 15 is 0 Å². The number of pyridine rings is 1. The molecule has 0 saturated carbocycles. The van der Waals surface area contributed by atoms with E-state index < -0.39 is 24.8 Å². The monoisotopic (exact) mass is 550 g/mol. The summed E-state index contributed by atoms with van der Waals surface area (Å²) >= 11 is 6.15. The second-order valence-electron chi connectivity index (χ2n) is 9.06. The van der Waals surface area contributed by atoms with Gasteiger partial charge in [0, 0.05) is 32.0 Å². The smallest absolute Gasteiger partial charge is 0.376 e. The molecular weight excluding hydrogens is 524 g/mol. The molecule has 0 aliphatic carbocycles. The number of aromatic nitrogens is 2. The van der Waals surface area contributed by atoms with E-state index in [1.807, 2.05) is 11.9 Å². The maximum absolute atomic E-state index is 14.6. The van der Waals surface area contributed by atoms with Crippen LogP contribution in [0, 0.1) is 11.8 Å². The van der Waals surface area contributed by atoms with Gasteiger partial charge in [-0.2, -0.15) is 13.2 Å². The summed E-state index contributed by atoms with van der Waals surface area (Å²) in [4.78, 5) is 18.1. The number of hydrogen-bond donors (Lipinski definition) is 3. The highest BCUT2D eigenvalue weighted by molar-refractivity contribution is 6.34. The van der Waals surface area contributed by atoms with E-state index in [4.69, 9.17) is 11.6 Å². The summed E-state index contributed by atoms with van der Waals surface area (Å²) in [6.07, 6.45) is -4.76. The van der Waals surface area contributed by atoms with Crippen molar-refractivity contribution < 1.29 is 22.4 Å². The van der Waals surface area contributed by atoms with Crippen LogP contribution >= 0.6 is 11.6 Å². The fourth-order valence-corrected chi connectivity index (χ4v) is 4.59. The van der Waals surface area contributed by atoms with E-state index in [0.29, 0.717) is 29.9 Å². The minimum absolute atomic E-state index is 0.00783. The van der Waals surface area contributed by atoms with Gasteiger partial charge in [0.15, 0.2) is 5.65 Å². The third-order valence-electron chi connectivity index (χ3n) is 6.23. The average molecular weight is 551 g/mol. The van der Waals surface area contributed by atoms with Crippen LogP contribution in [0.25, 0.3) is 5.65 Å². The Morgan fingerprint density at radius 3 is 2.76 bits per heavy atom. The first-order valence-electron chi connectivity index (χ1n) is 12.0. The number of rotatable bonds is 6. The van der Waals surface area contributed by atoms with Gasteiger partial charge in [-0.15, -0.1) is 0 Å². The van der Waals surface area contributed by atoms with E-state index in [0.717, 1.165) is 0 Å². The molecule has 7 nitrogen and oxygen atoms in total. The van der Waals surface area contributed by atoms with Crippen LogP contribution in [-0.2, 0) is 6.42 Å². The highest BCUT2D eigenvalue weighted by Gasteiger charge is 2.32. The number of likely N-dealkylation sites (tertiary alicyclic amines) is 1. The van der Waals surface area contributed by atoms with Crippen molar-refractivity contribution in [2.45, 2.75) is 31.2 Å². The van der Waals surface area contributed by atoms with Crippen molar-refractivity contribution in [3.8, 4) is 11.8 Å². The molecule has 3 aromatic rings. The molecule has 2 aromatic heterocycles. The fraction of sp³-hybridized carbons (Fsp3) is 0.385. The Labute approximate surface area is 222 Å². The normalized spacial score (nSPS) is 18.1. The Morgan fingerprint density at radius 2 is 2.08 bits per heavy atom. The molecule has 1 aliphatic rings. The summed E-state index contributed by atoms with van der Waals surface area (Å²) in [5, 5.41) is 8.89. The number of piperidine rings is 1. The van der Waals surface area contributed by atoms with Crippen LogP contribution in [0.1, 0.15) is 28.2 Å². The van der Waals surface area contributed by atoms with Crippen molar-refractivity contribution in [2.24, 2.45) is 0 Å². The molecule has 1 saturated heterocycles. The van der Waals surface area contributed by atoms with Crippen LogP contribution in [0.5, 0.6) is 0 Å². The first-order valence-corrected chi connectivity index (χ1v) is 12.3. The molecule has 4 rings (SSSR count). The predicted octanol–water partition coefficient (Wildman–Crippen LogP) is 4.37. The van der Waals surface area contributed by atoms with Crippen LogP contribution < -0.4 is 16.0 Å². The van der Waals surface area contributed by atoms with Crippen LogP contribution in [0.15, 0.2) is 36.5 Å². The van der Waals surface area contributed by atoms with Gasteiger partial charge in [-0.25, -0.2) is 9.37 Å². The SMILES string of the molecule is CNC(=O)c1ccc(NCC#Cc2nc3c(N[C@@H]4CCN(C)C[C@@H]4F)cccn3c2CC(F)(F)F)cc1Cl. The Morgan fingerprint density at radius 1 is 1.29 bits per heavy atom. The molecule has 1 fully saturated rings. The molecule has 38 heavy (non-hydrogen) atoms. The first kappa shape index (κ1) is 27.5. The number of alkyl halides is 4. The molecule has 1 amide bonds. The number of amides is 1. The van der Waals surface area contributed by atoms with Crippen molar-refractivity contribution in [1.82, 2.24) is 19.6 Å². The summed E-state index contributed by atoms with van der Waals surface area (Å²) in [6.45, 7) is 1.08. The zero-order chi connectivity index (χ0) is 27.4. The molecule has 202 valence electrons. The number of anilines is 2. The molecule has 0 radical (unpaired) electrons. The number of carbonyl (C=O) groups is 1. The van der Waals surface area contributed by atoms with Crippen LogP contribution in [0.4, 0.5) is 28.9 Å². The van der Waals surface area contributed by atoms with Gasteiger partial charge in [0.25, 0.3) is 5.91 Å². The lowest BCUT2D eigenvalue weighted by Crippen LogP contribution is -2.46. The fourth-order valence-electron chi connectivity index (χ4n) is 4.33. The lowest BCUT2D eigenvalue weighted by molar-refractivity contribution is -0.128. The number of hydrogen-bond acceptors (Lipinski definition) is 5. The van der Waals surface area contributed by atoms with E-state index in [9.17, 15) is 22.4 Å². The molecule has 0 unspecified atom stereocenters. The number of fused-ring (bicyclic) bond motifs is 1. The van der Waals surface area contributed by atoms with Gasteiger partial charge in [0.2, 0.25) is 0 Å². The summed E-state index contributed by atoms with van der Waals surface area (Å²) < 4.78 is 56.3. The molecule has 3 heterocycles.